The quantitative estimate of drug-likeness (QED) is 0.586. The number of benzene rings is 1. The molecule has 34 heavy (non-hydrogen) atoms. The number of aromatic nitrogens is 3. The van der Waals surface area contributed by atoms with Crippen molar-refractivity contribution in [2.45, 2.75) is 13.3 Å². The molecule has 0 aliphatic carbocycles. The molecule has 4 rings (SSSR count). The molecule has 1 saturated heterocycles. The van der Waals surface area contributed by atoms with Crippen LogP contribution in [0.1, 0.15) is 21.7 Å². The maximum Gasteiger partial charge on any atom is 0.254 e. The summed E-state index contributed by atoms with van der Waals surface area (Å²) < 4.78 is 4.67. The maximum absolute atomic E-state index is 12.6. The van der Waals surface area contributed by atoms with E-state index in [9.17, 15) is 9.59 Å². The van der Waals surface area contributed by atoms with E-state index in [1.54, 1.807) is 44.2 Å². The van der Waals surface area contributed by atoms with Crippen molar-refractivity contribution < 1.29 is 14.2 Å². The maximum atomic E-state index is 12.6. The molecular formula is C23H26ClN7O3. The second kappa shape index (κ2) is 9.68. The Morgan fingerprint density at radius 1 is 1.12 bits per heavy atom. The van der Waals surface area contributed by atoms with Gasteiger partial charge in [0, 0.05) is 52.0 Å². The summed E-state index contributed by atoms with van der Waals surface area (Å²) >= 11 is 6.35. The molecule has 0 radical (unpaired) electrons. The van der Waals surface area contributed by atoms with Gasteiger partial charge in [-0.05, 0) is 30.7 Å². The topological polar surface area (TPSA) is 122 Å². The van der Waals surface area contributed by atoms with Crippen LogP contribution in [-0.2, 0) is 11.2 Å². The van der Waals surface area contributed by atoms with Crippen molar-refractivity contribution in [2.75, 3.05) is 50.9 Å². The van der Waals surface area contributed by atoms with Crippen LogP contribution in [0.5, 0.6) is 0 Å². The van der Waals surface area contributed by atoms with Gasteiger partial charge in [0.2, 0.25) is 5.91 Å². The van der Waals surface area contributed by atoms with E-state index in [1.165, 1.54) is 4.90 Å². The summed E-state index contributed by atoms with van der Waals surface area (Å²) in [5.41, 5.74) is 10.1. The van der Waals surface area contributed by atoms with Crippen molar-refractivity contribution in [3.8, 4) is 11.1 Å². The highest BCUT2D eigenvalue weighted by molar-refractivity contribution is 6.34. The van der Waals surface area contributed by atoms with E-state index >= 15 is 0 Å². The Kier molecular flexibility index (Phi) is 6.69. The van der Waals surface area contributed by atoms with Crippen molar-refractivity contribution >= 4 is 34.9 Å². The molecule has 1 aliphatic heterocycles. The van der Waals surface area contributed by atoms with E-state index in [0.29, 0.717) is 59.7 Å². The first-order valence-corrected chi connectivity index (χ1v) is 11.2. The highest BCUT2D eigenvalue weighted by Gasteiger charge is 2.24. The van der Waals surface area contributed by atoms with Gasteiger partial charge in [0.1, 0.15) is 11.4 Å². The molecule has 0 bridgehead atoms. The normalized spacial score (nSPS) is 13.8. The second-order valence-corrected chi connectivity index (χ2v) is 8.78. The minimum absolute atomic E-state index is 0.0113. The molecule has 3 heterocycles. The lowest BCUT2D eigenvalue weighted by atomic mass is 10.0. The Balaban J connectivity index is 1.42. The third-order valence-corrected chi connectivity index (χ3v) is 6.14. The van der Waals surface area contributed by atoms with Crippen LogP contribution in [0.4, 0.5) is 11.5 Å². The summed E-state index contributed by atoms with van der Waals surface area (Å²) in [7, 11) is 3.36. The van der Waals surface area contributed by atoms with Crippen LogP contribution in [0.3, 0.4) is 0 Å². The monoisotopic (exact) mass is 483 g/mol. The SMILES string of the molecule is Cc1nonc1CC(=O)N1CCN(c2ncc(-c3ccc(C(=O)N(C)C)c(Cl)c3)cc2N)CC1. The van der Waals surface area contributed by atoms with Crippen molar-refractivity contribution in [1.82, 2.24) is 25.1 Å². The molecule has 1 aliphatic rings. The number of nitrogens with zero attached hydrogens (tertiary/aromatic N) is 6. The molecule has 3 aromatic rings. The molecule has 178 valence electrons. The molecule has 1 aromatic carbocycles. The minimum Gasteiger partial charge on any atom is -0.396 e. The number of aryl methyl sites for hydroxylation is 1. The Hall–Kier alpha value is -3.66. The smallest absolute Gasteiger partial charge is 0.254 e. The van der Waals surface area contributed by atoms with Crippen LogP contribution >= 0.6 is 11.6 Å². The zero-order valence-corrected chi connectivity index (χ0v) is 20.0. The number of anilines is 2. The van der Waals surface area contributed by atoms with Gasteiger partial charge in [-0.15, -0.1) is 0 Å². The Labute approximate surface area is 202 Å². The lowest BCUT2D eigenvalue weighted by Gasteiger charge is -2.35. The molecular weight excluding hydrogens is 458 g/mol. The summed E-state index contributed by atoms with van der Waals surface area (Å²) in [6, 6.07) is 7.12. The number of rotatable bonds is 5. The van der Waals surface area contributed by atoms with Crippen LogP contribution < -0.4 is 10.6 Å². The third kappa shape index (κ3) is 4.81. The number of halogens is 1. The fraction of sp³-hybridized carbons (Fsp3) is 0.348. The Morgan fingerprint density at radius 3 is 2.44 bits per heavy atom. The van der Waals surface area contributed by atoms with Gasteiger partial charge in [-0.25, -0.2) is 9.61 Å². The lowest BCUT2D eigenvalue weighted by Crippen LogP contribution is -2.49. The van der Waals surface area contributed by atoms with Crippen molar-refractivity contribution in [3.05, 3.63) is 52.4 Å². The Morgan fingerprint density at radius 2 is 1.85 bits per heavy atom. The molecule has 1 fully saturated rings. The van der Waals surface area contributed by atoms with Gasteiger partial charge in [0.25, 0.3) is 5.91 Å². The van der Waals surface area contributed by atoms with E-state index in [-0.39, 0.29) is 18.2 Å². The van der Waals surface area contributed by atoms with Gasteiger partial charge in [0.15, 0.2) is 5.82 Å². The highest BCUT2D eigenvalue weighted by Crippen LogP contribution is 2.30. The lowest BCUT2D eigenvalue weighted by molar-refractivity contribution is -0.130. The molecule has 0 spiro atoms. The van der Waals surface area contributed by atoms with Crippen LogP contribution in [0, 0.1) is 6.92 Å². The third-order valence-electron chi connectivity index (χ3n) is 5.83. The number of amides is 2. The average Bonchev–Trinajstić information content (AvgIpc) is 3.22. The first-order valence-electron chi connectivity index (χ1n) is 10.8. The number of hydrogen-bond donors (Lipinski definition) is 1. The van der Waals surface area contributed by atoms with Gasteiger partial charge in [-0.3, -0.25) is 9.59 Å². The van der Waals surface area contributed by atoms with E-state index in [4.69, 9.17) is 17.3 Å². The first kappa shape index (κ1) is 23.5. The zero-order valence-electron chi connectivity index (χ0n) is 19.3. The molecule has 11 heteroatoms. The number of carbonyl (C=O) groups excluding carboxylic acids is 2. The van der Waals surface area contributed by atoms with E-state index < -0.39 is 0 Å². The number of carbonyl (C=O) groups is 2. The largest absolute Gasteiger partial charge is 0.396 e. The van der Waals surface area contributed by atoms with Crippen LogP contribution in [0.2, 0.25) is 5.02 Å². The molecule has 10 nitrogen and oxygen atoms in total. The first-order chi connectivity index (χ1) is 16.2. The number of nitrogen functional groups attached to an aromatic ring is 1. The summed E-state index contributed by atoms with van der Waals surface area (Å²) in [5.74, 6) is 0.510. The van der Waals surface area contributed by atoms with Crippen molar-refractivity contribution in [1.29, 1.82) is 0 Å². The van der Waals surface area contributed by atoms with Gasteiger partial charge in [0.05, 0.1) is 22.7 Å². The van der Waals surface area contributed by atoms with E-state index in [1.807, 2.05) is 12.1 Å². The van der Waals surface area contributed by atoms with Gasteiger partial charge < -0.3 is 20.4 Å². The van der Waals surface area contributed by atoms with E-state index in [2.05, 4.69) is 24.8 Å². The number of nitrogens with two attached hydrogens (primary N) is 1. The summed E-state index contributed by atoms with van der Waals surface area (Å²) in [6.07, 6.45) is 1.91. The van der Waals surface area contributed by atoms with Crippen molar-refractivity contribution in [3.63, 3.8) is 0 Å². The predicted molar refractivity (Wildman–Crippen MR) is 129 cm³/mol. The molecule has 0 saturated carbocycles. The van der Waals surface area contributed by atoms with Gasteiger partial charge in [-0.2, -0.15) is 0 Å². The van der Waals surface area contributed by atoms with Crippen LogP contribution in [0.25, 0.3) is 11.1 Å². The number of piperazine rings is 1. The second-order valence-electron chi connectivity index (χ2n) is 8.37. The van der Waals surface area contributed by atoms with Crippen LogP contribution in [-0.4, -0.2) is 77.2 Å². The minimum atomic E-state index is -0.157. The van der Waals surface area contributed by atoms with Gasteiger partial charge in [-0.1, -0.05) is 28.0 Å². The van der Waals surface area contributed by atoms with Crippen molar-refractivity contribution in [2.24, 2.45) is 0 Å². The molecule has 2 amide bonds. The fourth-order valence-electron chi connectivity index (χ4n) is 3.84. The standard InChI is InChI=1S/C23H26ClN7O3/c1-14-20(28-34-27-14)12-21(32)30-6-8-31(9-7-30)22-19(25)11-16(13-26-22)15-4-5-17(18(24)10-15)23(33)29(2)3/h4-5,10-11,13H,6-9,12,25H2,1-3H3. The fourth-order valence-corrected chi connectivity index (χ4v) is 4.10. The van der Waals surface area contributed by atoms with E-state index in [0.717, 1.165) is 11.1 Å². The van der Waals surface area contributed by atoms with Crippen LogP contribution in [0.15, 0.2) is 35.1 Å². The number of hydrogen-bond acceptors (Lipinski definition) is 8. The Bertz CT molecular complexity index is 1220. The summed E-state index contributed by atoms with van der Waals surface area (Å²) in [6.45, 7) is 4.11. The summed E-state index contributed by atoms with van der Waals surface area (Å²) in [5, 5.41) is 7.88. The summed E-state index contributed by atoms with van der Waals surface area (Å²) in [4.78, 5) is 34.7. The zero-order chi connectivity index (χ0) is 24.4. The molecule has 2 aromatic heterocycles. The average molecular weight is 484 g/mol. The van der Waals surface area contributed by atoms with Gasteiger partial charge >= 0.3 is 0 Å². The predicted octanol–water partition coefficient (Wildman–Crippen LogP) is 2.27. The highest BCUT2D eigenvalue weighted by atomic mass is 35.5. The molecule has 0 atom stereocenters. The molecule has 0 unspecified atom stereocenters. The molecule has 2 N–H and O–H groups in total. The number of pyridine rings is 1.